The Morgan fingerprint density at radius 2 is 0.923 bits per heavy atom. The van der Waals surface area contributed by atoms with Crippen molar-refractivity contribution in [1.29, 1.82) is 0 Å². The first-order valence-corrected chi connectivity index (χ1v) is 12.5. The molecule has 218 valence electrons. The molecule has 2 aliphatic carbocycles. The zero-order valence-corrected chi connectivity index (χ0v) is 24.1. The molecule has 0 spiro atoms. The van der Waals surface area contributed by atoms with Crippen LogP contribution in [0.15, 0.2) is 72.8 Å². The maximum Gasteiger partial charge on any atom is 0.333 e. The lowest BCUT2D eigenvalue weighted by molar-refractivity contribution is -0.145. The molecule has 8 heteroatoms. The molecule has 0 fully saturated rings. The first kappa shape index (κ1) is 37.9. The van der Waals surface area contributed by atoms with Crippen LogP contribution in [0.3, 0.4) is 0 Å². The Hall–Kier alpha value is -3.30. The Labute approximate surface area is 233 Å². The highest BCUT2D eigenvalue weighted by Crippen LogP contribution is 2.24. The van der Waals surface area contributed by atoms with E-state index in [2.05, 4.69) is 43.5 Å². The molecule has 1 unspecified atom stereocenters. The molecular weight excluding hydrogens is 500 g/mol. The Morgan fingerprint density at radius 3 is 1.31 bits per heavy atom. The quantitative estimate of drug-likeness (QED) is 0.339. The molecule has 0 aromatic heterocycles. The standard InChI is InChI=1S/C14H16O2.C13H14O2.4CH4O/c1-10(2)14(15)16-13-8-7-11-5-3-4-6-12(11)9-13;1-9(2)13(14)15-12-7-10-5-3-4-6-11(10)8-12;4*1-2/h3-6,13H,1,7-9H2,2H3;3-6,12H,1,7-8H2,2H3;4*2H,1H3. The van der Waals surface area contributed by atoms with Gasteiger partial charge in [-0.25, -0.2) is 9.59 Å². The number of aliphatic hydroxyl groups excluding tert-OH is 4. The van der Waals surface area contributed by atoms with Gasteiger partial charge in [0.05, 0.1) is 0 Å². The van der Waals surface area contributed by atoms with Crippen molar-refractivity contribution >= 4 is 11.9 Å². The number of hydrogen-bond acceptors (Lipinski definition) is 8. The first-order valence-electron chi connectivity index (χ1n) is 12.5. The predicted octanol–water partition coefficient (Wildman–Crippen LogP) is 3.37. The molecule has 0 aliphatic heterocycles. The summed E-state index contributed by atoms with van der Waals surface area (Å²) >= 11 is 0. The lowest BCUT2D eigenvalue weighted by Gasteiger charge is -2.24. The van der Waals surface area contributed by atoms with E-state index >= 15 is 0 Å². The van der Waals surface area contributed by atoms with Gasteiger partial charge in [0.25, 0.3) is 0 Å². The average molecular weight is 547 g/mol. The maximum atomic E-state index is 11.4. The van der Waals surface area contributed by atoms with Crippen LogP contribution in [0.4, 0.5) is 0 Å². The Kier molecular flexibility index (Phi) is 22.0. The van der Waals surface area contributed by atoms with Crippen molar-refractivity contribution in [3.8, 4) is 0 Å². The number of aliphatic hydroxyl groups is 4. The summed E-state index contributed by atoms with van der Waals surface area (Å²) in [4.78, 5) is 22.7. The van der Waals surface area contributed by atoms with E-state index in [1.807, 2.05) is 18.2 Å². The zero-order chi connectivity index (χ0) is 30.4. The third-order valence-corrected chi connectivity index (χ3v) is 5.56. The van der Waals surface area contributed by atoms with E-state index in [1.54, 1.807) is 13.8 Å². The van der Waals surface area contributed by atoms with E-state index in [9.17, 15) is 9.59 Å². The Morgan fingerprint density at radius 1 is 0.615 bits per heavy atom. The second-order valence-corrected chi connectivity index (χ2v) is 8.30. The van der Waals surface area contributed by atoms with Gasteiger partial charge in [0.2, 0.25) is 0 Å². The number of benzene rings is 2. The normalized spacial score (nSPS) is 13.9. The van der Waals surface area contributed by atoms with E-state index < -0.39 is 0 Å². The van der Waals surface area contributed by atoms with Crippen LogP contribution in [0.2, 0.25) is 0 Å². The van der Waals surface area contributed by atoms with Crippen LogP contribution < -0.4 is 0 Å². The molecule has 0 radical (unpaired) electrons. The molecule has 2 aromatic carbocycles. The van der Waals surface area contributed by atoms with Crippen LogP contribution in [-0.2, 0) is 44.7 Å². The van der Waals surface area contributed by atoms with Gasteiger partial charge in [-0.2, -0.15) is 0 Å². The summed E-state index contributed by atoms with van der Waals surface area (Å²) in [6.07, 6.45) is 4.39. The molecule has 39 heavy (non-hydrogen) atoms. The molecule has 0 bridgehead atoms. The van der Waals surface area contributed by atoms with Crippen molar-refractivity contribution in [2.75, 3.05) is 28.4 Å². The number of ether oxygens (including phenoxy) is 2. The zero-order valence-electron chi connectivity index (χ0n) is 24.1. The monoisotopic (exact) mass is 546 g/mol. The van der Waals surface area contributed by atoms with Crippen molar-refractivity contribution in [2.24, 2.45) is 0 Å². The van der Waals surface area contributed by atoms with Gasteiger partial charge in [0.15, 0.2) is 0 Å². The van der Waals surface area contributed by atoms with Gasteiger partial charge in [-0.3, -0.25) is 0 Å². The molecule has 8 nitrogen and oxygen atoms in total. The number of rotatable bonds is 4. The average Bonchev–Trinajstić information content (AvgIpc) is 3.40. The summed E-state index contributed by atoms with van der Waals surface area (Å²) < 4.78 is 10.7. The fourth-order valence-corrected chi connectivity index (χ4v) is 3.87. The fourth-order valence-electron chi connectivity index (χ4n) is 3.87. The second kappa shape index (κ2) is 22.7. The summed E-state index contributed by atoms with van der Waals surface area (Å²) in [6, 6.07) is 16.5. The summed E-state index contributed by atoms with van der Waals surface area (Å²) in [5.74, 6) is -0.558. The van der Waals surface area contributed by atoms with Gasteiger partial charge < -0.3 is 29.9 Å². The number of carbonyl (C=O) groups is 2. The van der Waals surface area contributed by atoms with Crippen molar-refractivity contribution in [3.05, 3.63) is 95.1 Å². The van der Waals surface area contributed by atoms with Crippen LogP contribution >= 0.6 is 0 Å². The molecule has 4 rings (SSSR count). The smallest absolute Gasteiger partial charge is 0.333 e. The van der Waals surface area contributed by atoms with Crippen molar-refractivity contribution in [1.82, 2.24) is 0 Å². The predicted molar refractivity (Wildman–Crippen MR) is 154 cm³/mol. The Bertz CT molecular complexity index is 975. The van der Waals surface area contributed by atoms with Gasteiger partial charge in [-0.15, -0.1) is 0 Å². The summed E-state index contributed by atoms with van der Waals surface area (Å²) in [5.41, 5.74) is 6.19. The molecule has 2 aliphatic rings. The summed E-state index contributed by atoms with van der Waals surface area (Å²) in [7, 11) is 4.00. The van der Waals surface area contributed by atoms with Gasteiger partial charge in [-0.1, -0.05) is 61.7 Å². The number of fused-ring (bicyclic) bond motifs is 2. The van der Waals surface area contributed by atoms with E-state index in [1.165, 1.54) is 22.3 Å². The highest BCUT2D eigenvalue weighted by Gasteiger charge is 2.24. The Balaban J connectivity index is 0. The molecular formula is C31H46O8. The van der Waals surface area contributed by atoms with Crippen LogP contribution in [0, 0.1) is 0 Å². The van der Waals surface area contributed by atoms with E-state index in [0.717, 1.165) is 60.5 Å². The number of hydrogen-bond donors (Lipinski definition) is 4. The second-order valence-electron chi connectivity index (χ2n) is 8.30. The SMILES string of the molecule is C=C(C)C(=O)OC1CCc2ccccc2C1.C=C(C)C(=O)OC1Cc2ccccc2C1.CO.CO.CO.CO. The maximum absolute atomic E-state index is 11.4. The van der Waals surface area contributed by atoms with Crippen LogP contribution in [-0.4, -0.2) is 73.0 Å². The van der Waals surface area contributed by atoms with E-state index in [0.29, 0.717) is 11.1 Å². The molecule has 0 amide bonds. The van der Waals surface area contributed by atoms with Crippen LogP contribution in [0.25, 0.3) is 0 Å². The molecule has 0 saturated carbocycles. The summed E-state index contributed by atoms with van der Waals surface area (Å²) in [6.45, 7) is 10.5. The van der Waals surface area contributed by atoms with Crippen molar-refractivity contribution in [3.63, 3.8) is 0 Å². The lowest BCUT2D eigenvalue weighted by atomic mass is 9.90. The van der Waals surface area contributed by atoms with Gasteiger partial charge in [0, 0.05) is 58.8 Å². The minimum absolute atomic E-state index is 0.00778. The number of carbonyl (C=O) groups excluding carboxylic acids is 2. The topological polar surface area (TPSA) is 134 Å². The molecule has 0 saturated heterocycles. The minimum Gasteiger partial charge on any atom is -0.459 e. The molecule has 1 atom stereocenters. The van der Waals surface area contributed by atoms with Gasteiger partial charge in [-0.05, 0) is 48.9 Å². The summed E-state index contributed by atoms with van der Waals surface area (Å²) in [5, 5.41) is 28.0. The first-order chi connectivity index (χ1) is 18.8. The molecule has 0 heterocycles. The van der Waals surface area contributed by atoms with Crippen LogP contribution in [0.1, 0.15) is 42.5 Å². The van der Waals surface area contributed by atoms with Crippen molar-refractivity contribution < 1.29 is 39.5 Å². The highest BCUT2D eigenvalue weighted by molar-refractivity contribution is 5.87. The lowest BCUT2D eigenvalue weighted by Crippen LogP contribution is -2.25. The number of aryl methyl sites for hydroxylation is 1. The van der Waals surface area contributed by atoms with E-state index in [4.69, 9.17) is 29.9 Å². The minimum atomic E-state index is -0.284. The largest absolute Gasteiger partial charge is 0.459 e. The third-order valence-electron chi connectivity index (χ3n) is 5.56. The van der Waals surface area contributed by atoms with Gasteiger partial charge >= 0.3 is 11.9 Å². The third kappa shape index (κ3) is 13.9. The molecule has 2 aromatic rings. The van der Waals surface area contributed by atoms with Crippen molar-refractivity contribution in [2.45, 2.75) is 58.2 Å². The van der Waals surface area contributed by atoms with E-state index in [-0.39, 0.29) is 24.1 Å². The fraction of sp³-hybridized carbons (Fsp3) is 0.419. The highest BCUT2D eigenvalue weighted by atomic mass is 16.5. The number of esters is 2. The van der Waals surface area contributed by atoms with Gasteiger partial charge in [0.1, 0.15) is 12.2 Å². The van der Waals surface area contributed by atoms with Crippen LogP contribution in [0.5, 0.6) is 0 Å². The molecule has 4 N–H and O–H groups in total.